The molecule has 1 unspecified atom stereocenters. The van der Waals surface area contributed by atoms with Gasteiger partial charge >= 0.3 is 0 Å². The molecule has 3 aromatic rings. The van der Waals surface area contributed by atoms with Crippen LogP contribution in [0.15, 0.2) is 78.9 Å². The van der Waals surface area contributed by atoms with E-state index in [2.05, 4.69) is 15.4 Å². The predicted molar refractivity (Wildman–Crippen MR) is 118 cm³/mol. The molecular formula is C22H21N3O3S. The molecule has 0 spiro atoms. The minimum atomic E-state index is -3.38. The number of hydrogen-bond donors (Lipinski definition) is 4. The molecule has 148 valence electrons. The van der Waals surface area contributed by atoms with Crippen LogP contribution in [0.3, 0.4) is 0 Å². The van der Waals surface area contributed by atoms with Gasteiger partial charge in [-0.2, -0.15) is 0 Å². The lowest BCUT2D eigenvalue weighted by Gasteiger charge is -2.18. The normalized spacial score (nSPS) is 17.2. The molecule has 0 fully saturated rings. The summed E-state index contributed by atoms with van der Waals surface area (Å²) in [7, 11) is -3.38. The van der Waals surface area contributed by atoms with Crippen LogP contribution in [0.4, 0.5) is 17.1 Å². The average molecular weight is 407 g/mol. The van der Waals surface area contributed by atoms with Gasteiger partial charge in [0.2, 0.25) is 10.0 Å². The Labute approximate surface area is 170 Å². The first kappa shape index (κ1) is 19.0. The van der Waals surface area contributed by atoms with Crippen LogP contribution in [0.25, 0.3) is 11.3 Å². The van der Waals surface area contributed by atoms with Crippen LogP contribution in [0.2, 0.25) is 0 Å². The van der Waals surface area contributed by atoms with Crippen molar-refractivity contribution in [3.05, 3.63) is 90.0 Å². The van der Waals surface area contributed by atoms with Gasteiger partial charge in [-0.3, -0.25) is 4.72 Å². The molecule has 1 aliphatic heterocycles. The van der Waals surface area contributed by atoms with Gasteiger partial charge in [0, 0.05) is 22.5 Å². The summed E-state index contributed by atoms with van der Waals surface area (Å²) in [6.07, 6.45) is 0.245. The summed E-state index contributed by atoms with van der Waals surface area (Å²) in [5.74, 6) is 0. The third-order valence-corrected chi connectivity index (χ3v) is 5.16. The number of aliphatic hydroxyl groups excluding tert-OH is 1. The summed E-state index contributed by atoms with van der Waals surface area (Å²) in [4.78, 5) is 0. The van der Waals surface area contributed by atoms with E-state index in [9.17, 15) is 13.5 Å². The Kier molecular flexibility index (Phi) is 5.00. The van der Waals surface area contributed by atoms with E-state index in [1.165, 1.54) is 0 Å². The molecule has 6 nitrogen and oxygen atoms in total. The van der Waals surface area contributed by atoms with Crippen LogP contribution in [-0.2, 0) is 10.0 Å². The largest absolute Gasteiger partial charge is 0.369 e. The maximum absolute atomic E-state index is 11.6. The highest BCUT2D eigenvalue weighted by molar-refractivity contribution is 7.92. The van der Waals surface area contributed by atoms with Crippen molar-refractivity contribution in [2.45, 2.75) is 6.23 Å². The molecule has 0 aliphatic carbocycles. The zero-order valence-electron chi connectivity index (χ0n) is 15.8. The topological polar surface area (TPSA) is 90.5 Å². The lowest BCUT2D eigenvalue weighted by Crippen LogP contribution is -2.16. The van der Waals surface area contributed by atoms with Gasteiger partial charge in [-0.1, -0.05) is 54.6 Å². The van der Waals surface area contributed by atoms with E-state index in [0.717, 1.165) is 34.3 Å². The van der Waals surface area contributed by atoms with Gasteiger partial charge < -0.3 is 15.7 Å². The number of hydrogen-bond acceptors (Lipinski definition) is 5. The van der Waals surface area contributed by atoms with E-state index < -0.39 is 16.3 Å². The fourth-order valence-corrected chi connectivity index (χ4v) is 3.96. The Morgan fingerprint density at radius 1 is 0.931 bits per heavy atom. The van der Waals surface area contributed by atoms with Crippen LogP contribution in [0, 0.1) is 0 Å². The predicted octanol–water partition coefficient (Wildman–Crippen LogP) is 3.78. The average Bonchev–Trinajstić information content (AvgIpc) is 3.01. The second-order valence-corrected chi connectivity index (χ2v) is 8.58. The monoisotopic (exact) mass is 407 g/mol. The van der Waals surface area contributed by atoms with Gasteiger partial charge in [0.1, 0.15) is 0 Å². The highest BCUT2D eigenvalue weighted by Gasteiger charge is 2.28. The van der Waals surface area contributed by atoms with E-state index >= 15 is 0 Å². The molecule has 1 heterocycles. The molecule has 4 N–H and O–H groups in total. The number of benzene rings is 3. The minimum absolute atomic E-state index is 0.459. The fourth-order valence-electron chi connectivity index (χ4n) is 3.40. The Morgan fingerprint density at radius 3 is 2.38 bits per heavy atom. The quantitative estimate of drug-likeness (QED) is 0.517. The first-order chi connectivity index (χ1) is 13.9. The number of anilines is 3. The zero-order valence-corrected chi connectivity index (χ0v) is 16.6. The molecule has 0 bridgehead atoms. The van der Waals surface area contributed by atoms with E-state index in [4.69, 9.17) is 0 Å². The van der Waals surface area contributed by atoms with Crippen LogP contribution in [0.1, 0.15) is 11.1 Å². The first-order valence-corrected chi connectivity index (χ1v) is 11.0. The molecule has 4 rings (SSSR count). The van der Waals surface area contributed by atoms with Crippen molar-refractivity contribution in [3.8, 4) is 0 Å². The standard InChI is InChI=1S/C22H21N3O3S/c1-29(27,28)25-17-11-7-10-16(14-17)23-21(15-8-3-2-4-9-15)20-18-12-5-6-13-19(18)24-22(20)26/h2-14,22-26H,1H3/b21-20-. The fraction of sp³-hybridized carbons (Fsp3) is 0.0909. The molecule has 7 heteroatoms. The number of rotatable bonds is 5. The molecule has 0 aromatic heterocycles. The molecule has 29 heavy (non-hydrogen) atoms. The van der Waals surface area contributed by atoms with Crippen molar-refractivity contribution in [2.24, 2.45) is 0 Å². The van der Waals surface area contributed by atoms with Gasteiger partial charge in [0.15, 0.2) is 6.23 Å². The Balaban J connectivity index is 1.81. The van der Waals surface area contributed by atoms with Gasteiger partial charge in [-0.05, 0) is 29.8 Å². The lowest BCUT2D eigenvalue weighted by molar-refractivity contribution is 0.266. The molecule has 1 aliphatic rings. The van der Waals surface area contributed by atoms with Crippen LogP contribution >= 0.6 is 0 Å². The van der Waals surface area contributed by atoms with Gasteiger partial charge in [0.25, 0.3) is 0 Å². The van der Waals surface area contributed by atoms with E-state index in [1.54, 1.807) is 18.2 Å². The van der Waals surface area contributed by atoms with E-state index in [0.29, 0.717) is 11.4 Å². The molecule has 0 saturated carbocycles. The zero-order chi connectivity index (χ0) is 20.4. The van der Waals surface area contributed by atoms with Crippen LogP contribution in [-0.4, -0.2) is 26.0 Å². The van der Waals surface area contributed by atoms with Gasteiger partial charge in [-0.25, -0.2) is 8.42 Å². The minimum Gasteiger partial charge on any atom is -0.369 e. The third kappa shape index (κ3) is 4.26. The van der Waals surface area contributed by atoms with Crippen molar-refractivity contribution < 1.29 is 13.5 Å². The number of para-hydroxylation sites is 1. The molecule has 0 amide bonds. The highest BCUT2D eigenvalue weighted by Crippen LogP contribution is 2.39. The number of aliphatic hydroxyl groups is 1. The summed E-state index contributed by atoms with van der Waals surface area (Å²) >= 11 is 0. The maximum atomic E-state index is 11.6. The van der Waals surface area contributed by atoms with Crippen molar-refractivity contribution in [2.75, 3.05) is 21.6 Å². The van der Waals surface area contributed by atoms with Crippen molar-refractivity contribution in [1.82, 2.24) is 0 Å². The van der Waals surface area contributed by atoms with Crippen LogP contribution < -0.4 is 15.4 Å². The second kappa shape index (κ2) is 7.62. The molecule has 1 atom stereocenters. The number of sulfonamides is 1. The Morgan fingerprint density at radius 2 is 1.62 bits per heavy atom. The van der Waals surface area contributed by atoms with Gasteiger partial charge in [-0.15, -0.1) is 0 Å². The second-order valence-electron chi connectivity index (χ2n) is 6.83. The first-order valence-electron chi connectivity index (χ1n) is 9.09. The summed E-state index contributed by atoms with van der Waals surface area (Å²) in [5, 5.41) is 17.2. The summed E-state index contributed by atoms with van der Waals surface area (Å²) in [6.45, 7) is 0. The van der Waals surface area contributed by atoms with Crippen molar-refractivity contribution in [1.29, 1.82) is 0 Å². The Bertz CT molecular complexity index is 1170. The van der Waals surface area contributed by atoms with Crippen molar-refractivity contribution >= 4 is 38.4 Å². The summed E-state index contributed by atoms with van der Waals surface area (Å²) in [6, 6.07) is 24.4. The third-order valence-electron chi connectivity index (χ3n) is 4.55. The molecule has 0 saturated heterocycles. The molecule has 3 aromatic carbocycles. The lowest BCUT2D eigenvalue weighted by atomic mass is 9.99. The highest BCUT2D eigenvalue weighted by atomic mass is 32.2. The van der Waals surface area contributed by atoms with E-state index in [-0.39, 0.29) is 0 Å². The number of fused-ring (bicyclic) bond motifs is 1. The molecule has 0 radical (unpaired) electrons. The maximum Gasteiger partial charge on any atom is 0.229 e. The van der Waals surface area contributed by atoms with E-state index in [1.807, 2.05) is 60.7 Å². The summed E-state index contributed by atoms with van der Waals surface area (Å²) < 4.78 is 25.6. The Hall–Kier alpha value is -3.29. The SMILES string of the molecule is CS(=O)(=O)Nc1cccc(N/C(=C2/c3ccccc3NC2O)c2ccccc2)c1. The smallest absolute Gasteiger partial charge is 0.229 e. The molecular weight excluding hydrogens is 386 g/mol. The van der Waals surface area contributed by atoms with Crippen molar-refractivity contribution in [3.63, 3.8) is 0 Å². The van der Waals surface area contributed by atoms with Crippen LogP contribution in [0.5, 0.6) is 0 Å². The number of nitrogens with one attached hydrogen (secondary N) is 3. The van der Waals surface area contributed by atoms with Gasteiger partial charge in [0.05, 0.1) is 17.6 Å². The summed E-state index contributed by atoms with van der Waals surface area (Å²) in [5.41, 5.74) is 5.30.